The van der Waals surface area contributed by atoms with Crippen molar-refractivity contribution >= 4 is 23.4 Å². The summed E-state index contributed by atoms with van der Waals surface area (Å²) in [5, 5.41) is 2.35. The number of nitrogens with two attached hydrogens (primary N) is 1. The highest BCUT2D eigenvalue weighted by molar-refractivity contribution is 6.06. The van der Waals surface area contributed by atoms with Crippen molar-refractivity contribution in [2.45, 2.75) is 45.2 Å². The standard InChI is InChI=1S/C21H28N4O3/c1-2-3-12-24(13-5-4-11-22)17-8-6-7-15-16(17)14-25(21(15)28)18-9-10-19(26)23-20(18)27/h2-3,6-8,18H,4-5,9-14,22H2,1H3,(H,23,26,27)/b3-2-. The number of nitrogens with zero attached hydrogens (tertiary/aromatic N) is 2. The Morgan fingerprint density at radius 2 is 2.11 bits per heavy atom. The number of anilines is 1. The molecule has 0 aromatic heterocycles. The third kappa shape index (κ3) is 4.09. The van der Waals surface area contributed by atoms with Gasteiger partial charge in [-0.2, -0.15) is 0 Å². The Morgan fingerprint density at radius 3 is 2.82 bits per heavy atom. The number of hydrogen-bond acceptors (Lipinski definition) is 5. The van der Waals surface area contributed by atoms with Gasteiger partial charge in [-0.05, 0) is 44.9 Å². The molecule has 0 bridgehead atoms. The van der Waals surface area contributed by atoms with Crippen molar-refractivity contribution in [2.75, 3.05) is 24.5 Å². The summed E-state index contributed by atoms with van der Waals surface area (Å²) >= 11 is 0. The lowest BCUT2D eigenvalue weighted by Gasteiger charge is -2.30. The molecule has 0 radical (unpaired) electrons. The lowest BCUT2D eigenvalue weighted by molar-refractivity contribution is -0.136. The predicted octanol–water partition coefficient (Wildman–Crippen LogP) is 1.57. The van der Waals surface area contributed by atoms with Crippen molar-refractivity contribution in [1.82, 2.24) is 10.2 Å². The Kier molecular flexibility index (Phi) is 6.46. The van der Waals surface area contributed by atoms with Crippen molar-refractivity contribution in [1.29, 1.82) is 0 Å². The van der Waals surface area contributed by atoms with Crippen LogP contribution in [0.15, 0.2) is 30.4 Å². The fraction of sp³-hybridized carbons (Fsp3) is 0.476. The molecule has 2 aliphatic heterocycles. The molecule has 1 atom stereocenters. The molecule has 1 aromatic rings. The van der Waals surface area contributed by atoms with Gasteiger partial charge in [0, 0.05) is 42.9 Å². The SMILES string of the molecule is C/C=C\CN(CCCCN)c1cccc2c1CN(C1CCC(=O)NC1=O)C2=O. The molecule has 2 heterocycles. The number of nitrogens with one attached hydrogen (secondary N) is 1. The smallest absolute Gasteiger partial charge is 0.255 e. The Labute approximate surface area is 165 Å². The first-order valence-corrected chi connectivity index (χ1v) is 9.89. The van der Waals surface area contributed by atoms with Crippen LogP contribution in [0.25, 0.3) is 0 Å². The second-order valence-corrected chi connectivity index (χ2v) is 7.21. The molecule has 150 valence electrons. The van der Waals surface area contributed by atoms with Crippen molar-refractivity contribution in [2.24, 2.45) is 5.73 Å². The largest absolute Gasteiger partial charge is 0.368 e. The van der Waals surface area contributed by atoms with Crippen LogP contribution in [0.1, 0.15) is 48.5 Å². The minimum absolute atomic E-state index is 0.140. The van der Waals surface area contributed by atoms with Gasteiger partial charge in [-0.3, -0.25) is 19.7 Å². The summed E-state index contributed by atoms with van der Waals surface area (Å²) in [6, 6.07) is 5.16. The molecular weight excluding hydrogens is 356 g/mol. The second kappa shape index (κ2) is 9.01. The zero-order valence-corrected chi connectivity index (χ0v) is 16.3. The van der Waals surface area contributed by atoms with Crippen LogP contribution in [-0.4, -0.2) is 48.3 Å². The molecule has 7 heteroatoms. The minimum Gasteiger partial charge on any atom is -0.368 e. The van der Waals surface area contributed by atoms with Crippen LogP contribution < -0.4 is 16.0 Å². The summed E-state index contributed by atoms with van der Waals surface area (Å²) in [5.41, 5.74) is 8.26. The third-order valence-electron chi connectivity index (χ3n) is 5.34. The fourth-order valence-corrected chi connectivity index (χ4v) is 3.86. The van der Waals surface area contributed by atoms with E-state index < -0.39 is 6.04 Å². The number of allylic oxidation sites excluding steroid dienone is 1. The Morgan fingerprint density at radius 1 is 1.29 bits per heavy atom. The normalized spacial score (nSPS) is 19.3. The van der Waals surface area contributed by atoms with Crippen LogP contribution in [0.2, 0.25) is 0 Å². The summed E-state index contributed by atoms with van der Waals surface area (Å²) in [4.78, 5) is 40.6. The van der Waals surface area contributed by atoms with Crippen molar-refractivity contribution in [3.63, 3.8) is 0 Å². The van der Waals surface area contributed by atoms with E-state index in [2.05, 4.69) is 16.3 Å². The quantitative estimate of drug-likeness (QED) is 0.403. The average Bonchev–Trinajstić information content (AvgIpc) is 3.01. The van der Waals surface area contributed by atoms with E-state index in [1.807, 2.05) is 31.2 Å². The lowest BCUT2D eigenvalue weighted by atomic mass is 10.0. The highest BCUT2D eigenvalue weighted by Crippen LogP contribution is 2.34. The maximum absolute atomic E-state index is 13.0. The average molecular weight is 384 g/mol. The molecule has 0 aliphatic carbocycles. The Hall–Kier alpha value is -2.67. The van der Waals surface area contributed by atoms with Crippen LogP contribution in [0.4, 0.5) is 5.69 Å². The van der Waals surface area contributed by atoms with Crippen LogP contribution >= 0.6 is 0 Å². The van der Waals surface area contributed by atoms with Gasteiger partial charge in [0.1, 0.15) is 6.04 Å². The van der Waals surface area contributed by atoms with Gasteiger partial charge in [0.15, 0.2) is 0 Å². The summed E-state index contributed by atoms with van der Waals surface area (Å²) in [5.74, 6) is -0.796. The van der Waals surface area contributed by atoms with Crippen LogP contribution in [0.5, 0.6) is 0 Å². The van der Waals surface area contributed by atoms with E-state index in [0.717, 1.165) is 37.2 Å². The van der Waals surface area contributed by atoms with Gasteiger partial charge in [-0.1, -0.05) is 18.2 Å². The maximum Gasteiger partial charge on any atom is 0.255 e. The monoisotopic (exact) mass is 384 g/mol. The molecule has 2 aliphatic rings. The second-order valence-electron chi connectivity index (χ2n) is 7.21. The molecule has 3 N–H and O–H groups in total. The van der Waals surface area contributed by atoms with Gasteiger partial charge in [0.05, 0.1) is 0 Å². The first-order valence-electron chi connectivity index (χ1n) is 9.89. The summed E-state index contributed by atoms with van der Waals surface area (Å²) < 4.78 is 0. The van der Waals surface area contributed by atoms with E-state index in [1.54, 1.807) is 4.90 Å². The van der Waals surface area contributed by atoms with Gasteiger partial charge in [0.2, 0.25) is 11.8 Å². The number of benzene rings is 1. The van der Waals surface area contributed by atoms with Crippen molar-refractivity contribution in [3.05, 3.63) is 41.5 Å². The summed E-state index contributed by atoms with van der Waals surface area (Å²) in [7, 11) is 0. The molecule has 1 aromatic carbocycles. The van der Waals surface area contributed by atoms with Gasteiger partial charge in [-0.15, -0.1) is 0 Å². The molecule has 3 amide bonds. The predicted molar refractivity (Wildman–Crippen MR) is 108 cm³/mol. The number of rotatable bonds is 8. The number of fused-ring (bicyclic) bond motifs is 1. The molecule has 3 rings (SSSR count). The van der Waals surface area contributed by atoms with Gasteiger partial charge in [-0.25, -0.2) is 0 Å². The number of carbonyl (C=O) groups excluding carboxylic acids is 3. The fourth-order valence-electron chi connectivity index (χ4n) is 3.86. The summed E-state index contributed by atoms with van der Waals surface area (Å²) in [6.07, 6.45) is 6.66. The molecule has 28 heavy (non-hydrogen) atoms. The van der Waals surface area contributed by atoms with E-state index >= 15 is 0 Å². The van der Waals surface area contributed by atoms with E-state index in [1.165, 1.54) is 0 Å². The molecular formula is C21H28N4O3. The van der Waals surface area contributed by atoms with Crippen LogP contribution in [0, 0.1) is 0 Å². The third-order valence-corrected chi connectivity index (χ3v) is 5.34. The minimum atomic E-state index is -0.591. The van der Waals surface area contributed by atoms with Gasteiger partial charge < -0.3 is 15.5 Å². The van der Waals surface area contributed by atoms with E-state index in [-0.39, 0.29) is 24.1 Å². The molecule has 0 spiro atoms. The Bertz CT molecular complexity index is 790. The first kappa shape index (κ1) is 20.1. The number of hydrogen-bond donors (Lipinski definition) is 2. The zero-order valence-electron chi connectivity index (χ0n) is 16.3. The number of unbranched alkanes of at least 4 members (excludes halogenated alkanes) is 1. The van der Waals surface area contributed by atoms with Crippen molar-refractivity contribution < 1.29 is 14.4 Å². The molecule has 0 saturated carbocycles. The number of imide groups is 1. The number of carbonyl (C=O) groups is 3. The molecule has 1 unspecified atom stereocenters. The highest BCUT2D eigenvalue weighted by Gasteiger charge is 2.40. The van der Waals surface area contributed by atoms with Crippen molar-refractivity contribution in [3.8, 4) is 0 Å². The van der Waals surface area contributed by atoms with Gasteiger partial charge in [0.25, 0.3) is 5.91 Å². The number of piperidine rings is 1. The van der Waals surface area contributed by atoms with Crippen LogP contribution in [0.3, 0.4) is 0 Å². The highest BCUT2D eigenvalue weighted by atomic mass is 16.2. The van der Waals surface area contributed by atoms with E-state index in [0.29, 0.717) is 25.1 Å². The topological polar surface area (TPSA) is 95.7 Å². The zero-order chi connectivity index (χ0) is 20.1. The first-order chi connectivity index (χ1) is 13.6. The van der Waals surface area contributed by atoms with Crippen LogP contribution in [-0.2, 0) is 16.1 Å². The van der Waals surface area contributed by atoms with Gasteiger partial charge >= 0.3 is 0 Å². The summed E-state index contributed by atoms with van der Waals surface area (Å²) in [6.45, 7) is 4.64. The maximum atomic E-state index is 13.0. The Balaban J connectivity index is 1.85. The van der Waals surface area contributed by atoms with E-state index in [4.69, 9.17) is 5.73 Å². The molecule has 7 nitrogen and oxygen atoms in total. The molecule has 1 saturated heterocycles. The molecule has 1 fully saturated rings. The van der Waals surface area contributed by atoms with E-state index in [9.17, 15) is 14.4 Å². The number of amides is 3. The lowest BCUT2D eigenvalue weighted by Crippen LogP contribution is -2.52.